The third-order valence-electron chi connectivity index (χ3n) is 3.97. The van der Waals surface area contributed by atoms with Crippen LogP contribution in [-0.2, 0) is 10.0 Å². The fourth-order valence-corrected chi connectivity index (χ4v) is 4.97. The molecular weight excluding hydrogens is 475 g/mol. The van der Waals surface area contributed by atoms with Crippen molar-refractivity contribution in [3.8, 4) is 0 Å². The monoisotopic (exact) mass is 490 g/mol. The second-order valence-corrected chi connectivity index (χ2v) is 9.31. The van der Waals surface area contributed by atoms with Crippen LogP contribution in [0.15, 0.2) is 47.4 Å². The molecular formula is C17H16ClIN2O3S. The van der Waals surface area contributed by atoms with Crippen LogP contribution in [0.25, 0.3) is 0 Å². The molecule has 1 amide bonds. The smallest absolute Gasteiger partial charge is 0.257 e. The molecule has 1 heterocycles. The van der Waals surface area contributed by atoms with Gasteiger partial charge in [0.25, 0.3) is 5.91 Å². The number of anilines is 1. The number of hydrogen-bond acceptors (Lipinski definition) is 3. The van der Waals surface area contributed by atoms with Crippen LogP contribution < -0.4 is 5.32 Å². The van der Waals surface area contributed by atoms with Crippen LogP contribution in [0.4, 0.5) is 5.69 Å². The molecule has 2 aromatic carbocycles. The molecule has 0 aliphatic carbocycles. The first-order chi connectivity index (χ1) is 11.9. The van der Waals surface area contributed by atoms with Crippen molar-refractivity contribution in [1.82, 2.24) is 4.31 Å². The van der Waals surface area contributed by atoms with Gasteiger partial charge in [0.1, 0.15) is 0 Å². The molecule has 1 aliphatic rings. The molecule has 0 spiro atoms. The fourth-order valence-electron chi connectivity index (χ4n) is 2.68. The Kier molecular flexibility index (Phi) is 5.67. The average Bonchev–Trinajstić information content (AvgIpc) is 3.10. The highest BCUT2D eigenvalue weighted by Gasteiger charge is 2.28. The van der Waals surface area contributed by atoms with E-state index < -0.39 is 15.9 Å². The molecule has 5 nitrogen and oxygen atoms in total. The van der Waals surface area contributed by atoms with Crippen molar-refractivity contribution in [2.75, 3.05) is 18.4 Å². The molecule has 0 radical (unpaired) electrons. The van der Waals surface area contributed by atoms with Crippen molar-refractivity contribution in [3.05, 3.63) is 56.6 Å². The predicted molar refractivity (Wildman–Crippen MR) is 107 cm³/mol. The first-order valence-corrected chi connectivity index (χ1v) is 10.6. The lowest BCUT2D eigenvalue weighted by atomic mass is 10.2. The number of amides is 1. The number of nitrogens with one attached hydrogen (secondary N) is 1. The third-order valence-corrected chi connectivity index (χ3v) is 6.86. The van der Waals surface area contributed by atoms with E-state index in [9.17, 15) is 13.2 Å². The molecule has 3 rings (SSSR count). The second kappa shape index (κ2) is 7.61. The first kappa shape index (κ1) is 18.6. The minimum Gasteiger partial charge on any atom is -0.322 e. The van der Waals surface area contributed by atoms with Gasteiger partial charge < -0.3 is 5.32 Å². The van der Waals surface area contributed by atoms with E-state index in [1.165, 1.54) is 22.5 Å². The van der Waals surface area contributed by atoms with E-state index in [-0.39, 0.29) is 15.5 Å². The summed E-state index contributed by atoms with van der Waals surface area (Å²) in [5.74, 6) is -0.439. The summed E-state index contributed by atoms with van der Waals surface area (Å²) in [5, 5.41) is 2.96. The number of sulfonamides is 1. The van der Waals surface area contributed by atoms with Crippen molar-refractivity contribution < 1.29 is 13.2 Å². The summed E-state index contributed by atoms with van der Waals surface area (Å²) in [4.78, 5) is 12.6. The van der Waals surface area contributed by atoms with E-state index in [4.69, 9.17) is 11.6 Å². The van der Waals surface area contributed by atoms with Gasteiger partial charge in [-0.25, -0.2) is 8.42 Å². The maximum absolute atomic E-state index is 12.7. The molecule has 0 saturated carbocycles. The summed E-state index contributed by atoms with van der Waals surface area (Å²) < 4.78 is 27.8. The maximum Gasteiger partial charge on any atom is 0.257 e. The summed E-state index contributed by atoms with van der Waals surface area (Å²) in [5.41, 5.74) is 0.765. The fraction of sp³-hybridized carbons (Fsp3) is 0.235. The lowest BCUT2D eigenvalue weighted by Gasteiger charge is -2.16. The van der Waals surface area contributed by atoms with Crippen LogP contribution >= 0.6 is 34.2 Å². The molecule has 0 bridgehead atoms. The van der Waals surface area contributed by atoms with Gasteiger partial charge in [-0.15, -0.1) is 0 Å². The standard InChI is InChI=1S/C17H16ClIN2O3S/c18-16-7-6-14(25(23,24)21-8-1-2-9-21)11-15(16)17(22)20-13-5-3-4-12(19)10-13/h3-7,10-11H,1-2,8-9H2,(H,20,22). The molecule has 2 aromatic rings. The lowest BCUT2D eigenvalue weighted by Crippen LogP contribution is -2.28. The van der Waals surface area contributed by atoms with E-state index in [1.807, 2.05) is 18.2 Å². The summed E-state index contributed by atoms with van der Waals surface area (Å²) >= 11 is 8.28. The Hall–Kier alpha value is -1.16. The molecule has 1 N–H and O–H groups in total. The Morgan fingerprint density at radius 3 is 2.52 bits per heavy atom. The molecule has 0 atom stereocenters. The van der Waals surface area contributed by atoms with E-state index in [0.717, 1.165) is 16.4 Å². The van der Waals surface area contributed by atoms with Crippen LogP contribution in [0.1, 0.15) is 23.2 Å². The van der Waals surface area contributed by atoms with Crippen molar-refractivity contribution in [2.45, 2.75) is 17.7 Å². The van der Waals surface area contributed by atoms with Gasteiger partial charge >= 0.3 is 0 Å². The second-order valence-electron chi connectivity index (χ2n) is 5.72. The molecule has 25 heavy (non-hydrogen) atoms. The molecule has 1 fully saturated rings. The normalized spacial score (nSPS) is 15.3. The lowest BCUT2D eigenvalue weighted by molar-refractivity contribution is 0.102. The Labute approximate surface area is 165 Å². The number of rotatable bonds is 4. The Bertz CT molecular complexity index is 912. The van der Waals surface area contributed by atoms with Gasteiger partial charge in [0, 0.05) is 22.3 Å². The van der Waals surface area contributed by atoms with Gasteiger partial charge in [0.15, 0.2) is 0 Å². The number of carbonyl (C=O) groups is 1. The topological polar surface area (TPSA) is 66.5 Å². The SMILES string of the molecule is O=C(Nc1cccc(I)c1)c1cc(S(=O)(=O)N2CCCC2)ccc1Cl. The highest BCUT2D eigenvalue weighted by molar-refractivity contribution is 14.1. The Morgan fingerprint density at radius 1 is 1.12 bits per heavy atom. The highest BCUT2D eigenvalue weighted by atomic mass is 127. The van der Waals surface area contributed by atoms with Crippen LogP contribution in [0, 0.1) is 3.57 Å². The van der Waals surface area contributed by atoms with Gasteiger partial charge in [-0.1, -0.05) is 17.7 Å². The van der Waals surface area contributed by atoms with Crippen molar-refractivity contribution in [3.63, 3.8) is 0 Å². The number of nitrogens with zero attached hydrogens (tertiary/aromatic N) is 1. The van der Waals surface area contributed by atoms with E-state index in [2.05, 4.69) is 27.9 Å². The van der Waals surface area contributed by atoms with Gasteiger partial charge in [-0.05, 0) is 71.8 Å². The minimum absolute atomic E-state index is 0.0894. The number of carbonyl (C=O) groups excluding carboxylic acids is 1. The number of benzene rings is 2. The largest absolute Gasteiger partial charge is 0.322 e. The summed E-state index contributed by atoms with van der Waals surface area (Å²) in [6, 6.07) is 11.6. The van der Waals surface area contributed by atoms with E-state index >= 15 is 0 Å². The molecule has 132 valence electrons. The summed E-state index contributed by atoms with van der Waals surface area (Å²) in [6.07, 6.45) is 1.71. The van der Waals surface area contributed by atoms with Crippen LogP contribution in [-0.4, -0.2) is 31.7 Å². The van der Waals surface area contributed by atoms with Gasteiger partial charge in [-0.2, -0.15) is 4.31 Å². The van der Waals surface area contributed by atoms with Gasteiger partial charge in [0.2, 0.25) is 10.0 Å². The number of halogens is 2. The van der Waals surface area contributed by atoms with Gasteiger partial charge in [0.05, 0.1) is 15.5 Å². The van der Waals surface area contributed by atoms with Gasteiger partial charge in [-0.3, -0.25) is 4.79 Å². The molecule has 1 aliphatic heterocycles. The molecule has 1 saturated heterocycles. The highest BCUT2D eigenvalue weighted by Crippen LogP contribution is 2.26. The zero-order chi connectivity index (χ0) is 18.0. The van der Waals surface area contributed by atoms with E-state index in [1.54, 1.807) is 6.07 Å². The molecule has 0 aromatic heterocycles. The summed E-state index contributed by atoms with van der Waals surface area (Å²) in [6.45, 7) is 1.02. The Morgan fingerprint density at radius 2 is 1.84 bits per heavy atom. The molecule has 0 unspecified atom stereocenters. The molecule has 8 heteroatoms. The van der Waals surface area contributed by atoms with Crippen molar-refractivity contribution in [2.24, 2.45) is 0 Å². The maximum atomic E-state index is 12.7. The Balaban J connectivity index is 1.90. The van der Waals surface area contributed by atoms with Crippen molar-refractivity contribution in [1.29, 1.82) is 0 Å². The predicted octanol–water partition coefficient (Wildman–Crippen LogP) is 3.98. The zero-order valence-corrected chi connectivity index (χ0v) is 16.9. The van der Waals surface area contributed by atoms with E-state index in [0.29, 0.717) is 18.8 Å². The summed E-state index contributed by atoms with van der Waals surface area (Å²) in [7, 11) is -3.60. The van der Waals surface area contributed by atoms with Crippen LogP contribution in [0.2, 0.25) is 5.02 Å². The quantitative estimate of drug-likeness (QED) is 0.659. The van der Waals surface area contributed by atoms with Crippen LogP contribution in [0.5, 0.6) is 0 Å². The van der Waals surface area contributed by atoms with Crippen molar-refractivity contribution >= 4 is 55.8 Å². The first-order valence-electron chi connectivity index (χ1n) is 7.74. The number of hydrogen-bond donors (Lipinski definition) is 1. The minimum atomic E-state index is -3.60. The van der Waals surface area contributed by atoms with Crippen LogP contribution in [0.3, 0.4) is 0 Å². The third kappa shape index (κ3) is 4.16. The average molecular weight is 491 g/mol. The zero-order valence-electron chi connectivity index (χ0n) is 13.2.